The molecule has 0 aromatic heterocycles. The van der Waals surface area contributed by atoms with E-state index in [1.54, 1.807) is 42.5 Å². The van der Waals surface area contributed by atoms with Gasteiger partial charge in [0.25, 0.3) is 10.0 Å². The molecule has 5 nitrogen and oxygen atoms in total. The maximum absolute atomic E-state index is 13.6. The number of anilines is 1. The minimum atomic E-state index is -3.98. The summed E-state index contributed by atoms with van der Waals surface area (Å²) in [6.45, 7) is 1.64. The highest BCUT2D eigenvalue weighted by molar-refractivity contribution is 9.10. The Hall–Kier alpha value is -3.42. The van der Waals surface area contributed by atoms with E-state index in [4.69, 9.17) is 0 Å². The summed E-state index contributed by atoms with van der Waals surface area (Å²) in [6.07, 6.45) is 0. The van der Waals surface area contributed by atoms with Gasteiger partial charge in [-0.05, 0) is 54.4 Å². The third-order valence-electron chi connectivity index (χ3n) is 5.58. The quantitative estimate of drug-likeness (QED) is 0.300. The second kappa shape index (κ2) is 10.9. The van der Waals surface area contributed by atoms with Crippen molar-refractivity contribution in [3.8, 4) is 0 Å². The molecule has 0 saturated heterocycles. The van der Waals surface area contributed by atoms with Gasteiger partial charge in [-0.2, -0.15) is 0 Å². The summed E-state index contributed by atoms with van der Waals surface area (Å²) >= 11 is 3.38. The van der Waals surface area contributed by atoms with Gasteiger partial charge < -0.3 is 5.32 Å². The molecule has 0 radical (unpaired) electrons. The van der Waals surface area contributed by atoms with Gasteiger partial charge in [0, 0.05) is 4.47 Å². The Morgan fingerprint density at radius 3 is 1.94 bits per heavy atom. The van der Waals surface area contributed by atoms with Crippen LogP contribution in [-0.4, -0.2) is 20.9 Å². The monoisotopic (exact) mass is 548 g/mol. The zero-order chi connectivity index (χ0) is 24.8. The number of amides is 1. The number of carbonyl (C=O) groups excluding carboxylic acids is 1. The Morgan fingerprint density at radius 1 is 0.800 bits per heavy atom. The predicted molar refractivity (Wildman–Crippen MR) is 143 cm³/mol. The van der Waals surface area contributed by atoms with Gasteiger partial charge in [-0.15, -0.1) is 0 Å². The number of sulfonamides is 1. The average molecular weight is 549 g/mol. The number of hydrogen-bond acceptors (Lipinski definition) is 3. The number of hydrogen-bond donors (Lipinski definition) is 1. The van der Waals surface area contributed by atoms with Crippen LogP contribution in [0, 0.1) is 6.92 Å². The lowest BCUT2D eigenvalue weighted by Crippen LogP contribution is -2.42. The largest absolute Gasteiger partial charge is 0.344 e. The van der Waals surface area contributed by atoms with Crippen molar-refractivity contribution in [2.24, 2.45) is 0 Å². The summed E-state index contributed by atoms with van der Waals surface area (Å²) in [5.41, 5.74) is 3.34. The normalized spacial score (nSPS) is 12.1. The molecule has 4 rings (SSSR count). The first kappa shape index (κ1) is 24.7. The van der Waals surface area contributed by atoms with Crippen molar-refractivity contribution in [1.82, 2.24) is 5.32 Å². The molecule has 4 aromatic rings. The van der Waals surface area contributed by atoms with Crippen LogP contribution in [0.3, 0.4) is 0 Å². The fourth-order valence-electron chi connectivity index (χ4n) is 3.74. The summed E-state index contributed by atoms with van der Waals surface area (Å²) in [7, 11) is -3.98. The number of nitrogens with one attached hydrogen (secondary N) is 1. The zero-order valence-electron chi connectivity index (χ0n) is 19.1. The van der Waals surface area contributed by atoms with Crippen molar-refractivity contribution < 1.29 is 13.2 Å². The fraction of sp³-hybridized carbons (Fsp3) is 0.107. The van der Waals surface area contributed by atoms with Crippen LogP contribution in [0.5, 0.6) is 0 Å². The second-order valence-corrected chi connectivity index (χ2v) is 10.9. The Labute approximate surface area is 214 Å². The summed E-state index contributed by atoms with van der Waals surface area (Å²) < 4.78 is 29.1. The minimum absolute atomic E-state index is 0.119. The Morgan fingerprint density at radius 2 is 1.34 bits per heavy atom. The lowest BCUT2D eigenvalue weighted by molar-refractivity contribution is -0.120. The van der Waals surface area contributed by atoms with Crippen LogP contribution in [0.4, 0.5) is 5.69 Å². The van der Waals surface area contributed by atoms with E-state index in [1.165, 1.54) is 12.1 Å². The van der Waals surface area contributed by atoms with Gasteiger partial charge >= 0.3 is 0 Å². The molecule has 0 unspecified atom stereocenters. The van der Waals surface area contributed by atoms with Crippen molar-refractivity contribution in [3.63, 3.8) is 0 Å². The predicted octanol–water partition coefficient (Wildman–Crippen LogP) is 5.86. The van der Waals surface area contributed by atoms with E-state index in [-0.39, 0.29) is 11.4 Å². The third-order valence-corrected chi connectivity index (χ3v) is 7.90. The summed E-state index contributed by atoms with van der Waals surface area (Å²) in [4.78, 5) is 13.5. The lowest BCUT2D eigenvalue weighted by Gasteiger charge is -2.26. The van der Waals surface area contributed by atoms with E-state index < -0.39 is 22.0 Å². The van der Waals surface area contributed by atoms with Gasteiger partial charge in [-0.1, -0.05) is 94.3 Å². The number of nitrogens with zero attached hydrogens (tertiary/aromatic N) is 1. The molecule has 0 aliphatic rings. The second-order valence-electron chi connectivity index (χ2n) is 8.12. The number of carbonyl (C=O) groups is 1. The van der Waals surface area contributed by atoms with Crippen molar-refractivity contribution in [1.29, 1.82) is 0 Å². The molecule has 0 bridgehead atoms. The number of rotatable bonds is 8. The molecular weight excluding hydrogens is 524 g/mol. The number of halogens is 1. The topological polar surface area (TPSA) is 66.5 Å². The van der Waals surface area contributed by atoms with E-state index in [0.717, 1.165) is 25.5 Å². The van der Waals surface area contributed by atoms with Crippen molar-refractivity contribution in [2.45, 2.75) is 17.9 Å². The van der Waals surface area contributed by atoms with Crippen LogP contribution < -0.4 is 9.62 Å². The van der Waals surface area contributed by atoms with Gasteiger partial charge in [-0.3, -0.25) is 9.10 Å². The highest BCUT2D eigenvalue weighted by atomic mass is 79.9. The molecule has 178 valence electrons. The molecular formula is C28H25BrN2O3S. The van der Waals surface area contributed by atoms with Crippen molar-refractivity contribution in [3.05, 3.63) is 130 Å². The molecule has 1 amide bonds. The van der Waals surface area contributed by atoms with Crippen LogP contribution in [0.15, 0.2) is 119 Å². The smallest absolute Gasteiger partial charge is 0.264 e. The van der Waals surface area contributed by atoms with Crippen LogP contribution >= 0.6 is 15.9 Å². The zero-order valence-corrected chi connectivity index (χ0v) is 21.5. The molecule has 35 heavy (non-hydrogen) atoms. The van der Waals surface area contributed by atoms with Crippen LogP contribution in [-0.2, 0) is 14.8 Å². The minimum Gasteiger partial charge on any atom is -0.344 e. The van der Waals surface area contributed by atoms with Crippen molar-refractivity contribution in [2.75, 3.05) is 10.8 Å². The van der Waals surface area contributed by atoms with Gasteiger partial charge in [0.15, 0.2) is 0 Å². The van der Waals surface area contributed by atoms with Crippen LogP contribution in [0.2, 0.25) is 0 Å². The molecule has 7 heteroatoms. The molecule has 0 saturated carbocycles. The highest BCUT2D eigenvalue weighted by Gasteiger charge is 2.28. The molecule has 0 spiro atoms. The van der Waals surface area contributed by atoms with Crippen LogP contribution in [0.25, 0.3) is 0 Å². The average Bonchev–Trinajstić information content (AvgIpc) is 2.88. The van der Waals surface area contributed by atoms with Crippen molar-refractivity contribution >= 4 is 37.5 Å². The highest BCUT2D eigenvalue weighted by Crippen LogP contribution is 2.26. The third kappa shape index (κ3) is 5.99. The summed E-state index contributed by atoms with van der Waals surface area (Å²) in [6, 6.07) is 32.1. The molecule has 1 N–H and O–H groups in total. The van der Waals surface area contributed by atoms with E-state index in [2.05, 4.69) is 21.2 Å². The first-order valence-corrected chi connectivity index (χ1v) is 13.3. The van der Waals surface area contributed by atoms with Gasteiger partial charge in [0.2, 0.25) is 5.91 Å². The van der Waals surface area contributed by atoms with E-state index in [9.17, 15) is 13.2 Å². The SMILES string of the molecule is Cc1ccc([C@@H](NC(=O)CN(c2ccc(Br)cc2)S(=O)(=O)c2ccccc2)c2ccccc2)cc1. The molecule has 0 aliphatic heterocycles. The first-order valence-electron chi connectivity index (χ1n) is 11.1. The lowest BCUT2D eigenvalue weighted by atomic mass is 9.98. The molecule has 0 heterocycles. The number of aryl methyl sites for hydroxylation is 1. The van der Waals surface area contributed by atoms with E-state index in [0.29, 0.717) is 5.69 Å². The molecule has 0 fully saturated rings. The van der Waals surface area contributed by atoms with E-state index >= 15 is 0 Å². The van der Waals surface area contributed by atoms with Gasteiger partial charge in [-0.25, -0.2) is 8.42 Å². The maximum Gasteiger partial charge on any atom is 0.264 e. The Bertz CT molecular complexity index is 1380. The maximum atomic E-state index is 13.6. The molecule has 0 aliphatic carbocycles. The van der Waals surface area contributed by atoms with Gasteiger partial charge in [0.05, 0.1) is 16.6 Å². The Balaban J connectivity index is 1.67. The van der Waals surface area contributed by atoms with E-state index in [1.807, 2.05) is 61.5 Å². The summed E-state index contributed by atoms with van der Waals surface area (Å²) in [5.74, 6) is -0.415. The van der Waals surface area contributed by atoms with Crippen LogP contribution in [0.1, 0.15) is 22.7 Å². The van der Waals surface area contributed by atoms with Gasteiger partial charge in [0.1, 0.15) is 6.54 Å². The molecule has 4 aromatic carbocycles. The molecule has 1 atom stereocenters. The summed E-state index contributed by atoms with van der Waals surface area (Å²) in [5, 5.41) is 3.05. The first-order chi connectivity index (χ1) is 16.8. The standard InChI is InChI=1S/C28H25BrN2O3S/c1-21-12-14-23(15-13-21)28(22-8-4-2-5-9-22)30-27(32)20-31(25-18-16-24(29)17-19-25)35(33,34)26-10-6-3-7-11-26/h2-19,28H,20H2,1H3,(H,30,32)/t28-/m0/s1. The fourth-order valence-corrected chi connectivity index (χ4v) is 5.45. The Kier molecular flexibility index (Phi) is 7.68. The number of benzene rings is 4.